The summed E-state index contributed by atoms with van der Waals surface area (Å²) in [5.74, 6) is 0. The predicted octanol–water partition coefficient (Wildman–Crippen LogP) is 3.49. The van der Waals surface area contributed by atoms with Crippen LogP contribution in [0.3, 0.4) is 0 Å². The fraction of sp³-hybridized carbons (Fsp3) is 1.00. The smallest absolute Gasteiger partial charge is 0.00695 e. The first-order valence-electron chi connectivity index (χ1n) is 6.09. The standard InChI is InChI=1S/C12H25N/c1-3-4-5-6-8-11(2)13-12-9-7-10-12/h11-13H,3-10H2,1-2H3. The van der Waals surface area contributed by atoms with Crippen molar-refractivity contribution >= 4 is 0 Å². The molecule has 0 spiro atoms. The minimum atomic E-state index is 0.752. The molecule has 0 radical (unpaired) electrons. The van der Waals surface area contributed by atoms with Crippen LogP contribution in [0.15, 0.2) is 0 Å². The second kappa shape index (κ2) is 6.42. The lowest BCUT2D eigenvalue weighted by atomic mass is 9.92. The molecule has 0 aliphatic heterocycles. The molecule has 1 heteroatoms. The van der Waals surface area contributed by atoms with Crippen LogP contribution < -0.4 is 5.32 Å². The van der Waals surface area contributed by atoms with Crippen molar-refractivity contribution in [3.63, 3.8) is 0 Å². The largest absolute Gasteiger partial charge is 0.312 e. The molecule has 1 nitrogen and oxygen atoms in total. The Morgan fingerprint density at radius 1 is 1.23 bits per heavy atom. The van der Waals surface area contributed by atoms with Crippen molar-refractivity contribution in [2.24, 2.45) is 0 Å². The monoisotopic (exact) mass is 183 g/mol. The highest BCUT2D eigenvalue weighted by atomic mass is 15.0. The van der Waals surface area contributed by atoms with Gasteiger partial charge < -0.3 is 5.32 Å². The number of nitrogens with one attached hydrogen (secondary N) is 1. The third-order valence-corrected chi connectivity index (χ3v) is 3.12. The number of hydrogen-bond donors (Lipinski definition) is 1. The maximum absolute atomic E-state index is 3.69. The summed E-state index contributed by atoms with van der Waals surface area (Å²) in [5, 5.41) is 3.69. The zero-order valence-corrected chi connectivity index (χ0v) is 9.31. The molecule has 1 atom stereocenters. The molecule has 0 heterocycles. The molecular formula is C12H25N. The van der Waals surface area contributed by atoms with E-state index >= 15 is 0 Å². The van der Waals surface area contributed by atoms with Crippen molar-refractivity contribution in [2.75, 3.05) is 0 Å². The Labute approximate surface area is 83.3 Å². The van der Waals surface area contributed by atoms with Crippen molar-refractivity contribution in [3.8, 4) is 0 Å². The lowest BCUT2D eigenvalue weighted by Crippen LogP contribution is -2.40. The molecule has 78 valence electrons. The predicted molar refractivity (Wildman–Crippen MR) is 59.0 cm³/mol. The van der Waals surface area contributed by atoms with Crippen molar-refractivity contribution < 1.29 is 0 Å². The van der Waals surface area contributed by atoms with E-state index in [4.69, 9.17) is 0 Å². The van der Waals surface area contributed by atoms with E-state index < -0.39 is 0 Å². The Kier molecular flexibility index (Phi) is 5.45. The first kappa shape index (κ1) is 11.0. The lowest BCUT2D eigenvalue weighted by molar-refractivity contribution is 0.301. The lowest BCUT2D eigenvalue weighted by Gasteiger charge is -2.30. The molecule has 1 fully saturated rings. The maximum Gasteiger partial charge on any atom is 0.00695 e. The van der Waals surface area contributed by atoms with Crippen LogP contribution in [0.1, 0.15) is 65.2 Å². The summed E-state index contributed by atoms with van der Waals surface area (Å²) < 4.78 is 0. The molecule has 0 saturated heterocycles. The van der Waals surface area contributed by atoms with Gasteiger partial charge in [0.05, 0.1) is 0 Å². The highest BCUT2D eigenvalue weighted by Crippen LogP contribution is 2.19. The van der Waals surface area contributed by atoms with Crippen LogP contribution >= 0.6 is 0 Å². The van der Waals surface area contributed by atoms with Gasteiger partial charge in [-0.25, -0.2) is 0 Å². The Morgan fingerprint density at radius 2 is 2.00 bits per heavy atom. The highest BCUT2D eigenvalue weighted by Gasteiger charge is 2.18. The van der Waals surface area contributed by atoms with E-state index in [1.807, 2.05) is 0 Å². The second-order valence-electron chi connectivity index (χ2n) is 4.54. The Bertz CT molecular complexity index is 118. The third kappa shape index (κ3) is 4.66. The normalized spacial score (nSPS) is 19.8. The number of hydrogen-bond acceptors (Lipinski definition) is 1. The summed E-state index contributed by atoms with van der Waals surface area (Å²) in [6.45, 7) is 4.61. The van der Waals surface area contributed by atoms with Crippen LogP contribution in [0.5, 0.6) is 0 Å². The van der Waals surface area contributed by atoms with Crippen molar-refractivity contribution in [1.82, 2.24) is 5.32 Å². The fourth-order valence-corrected chi connectivity index (χ4v) is 1.94. The Morgan fingerprint density at radius 3 is 2.54 bits per heavy atom. The fourth-order valence-electron chi connectivity index (χ4n) is 1.94. The number of rotatable bonds is 7. The molecule has 1 saturated carbocycles. The zero-order valence-electron chi connectivity index (χ0n) is 9.31. The van der Waals surface area contributed by atoms with Crippen molar-refractivity contribution in [3.05, 3.63) is 0 Å². The van der Waals surface area contributed by atoms with E-state index in [9.17, 15) is 0 Å². The van der Waals surface area contributed by atoms with Gasteiger partial charge in [0, 0.05) is 12.1 Å². The van der Waals surface area contributed by atoms with E-state index in [1.54, 1.807) is 0 Å². The minimum Gasteiger partial charge on any atom is -0.312 e. The molecular weight excluding hydrogens is 158 g/mol. The van der Waals surface area contributed by atoms with Crippen LogP contribution in [-0.2, 0) is 0 Å². The van der Waals surface area contributed by atoms with Gasteiger partial charge in [0.2, 0.25) is 0 Å². The Balaban J connectivity index is 1.87. The van der Waals surface area contributed by atoms with Gasteiger partial charge in [0.25, 0.3) is 0 Å². The minimum absolute atomic E-state index is 0.752. The van der Waals surface area contributed by atoms with Gasteiger partial charge in [-0.1, -0.05) is 39.0 Å². The summed E-state index contributed by atoms with van der Waals surface area (Å²) in [6, 6.07) is 1.61. The van der Waals surface area contributed by atoms with E-state index in [0.717, 1.165) is 12.1 Å². The van der Waals surface area contributed by atoms with Gasteiger partial charge in [-0.2, -0.15) is 0 Å². The molecule has 1 aliphatic rings. The molecule has 1 N–H and O–H groups in total. The van der Waals surface area contributed by atoms with Crippen LogP contribution in [0.4, 0.5) is 0 Å². The molecule has 0 bridgehead atoms. The summed E-state index contributed by atoms with van der Waals surface area (Å²) in [5.41, 5.74) is 0. The topological polar surface area (TPSA) is 12.0 Å². The molecule has 0 amide bonds. The van der Waals surface area contributed by atoms with E-state index in [0.29, 0.717) is 0 Å². The maximum atomic E-state index is 3.69. The van der Waals surface area contributed by atoms with Gasteiger partial charge in [-0.3, -0.25) is 0 Å². The van der Waals surface area contributed by atoms with E-state index in [-0.39, 0.29) is 0 Å². The van der Waals surface area contributed by atoms with Gasteiger partial charge >= 0.3 is 0 Å². The van der Waals surface area contributed by atoms with Gasteiger partial charge in [-0.05, 0) is 26.2 Å². The third-order valence-electron chi connectivity index (χ3n) is 3.12. The molecule has 0 aromatic rings. The first-order chi connectivity index (χ1) is 6.33. The highest BCUT2D eigenvalue weighted by molar-refractivity contribution is 4.78. The molecule has 13 heavy (non-hydrogen) atoms. The van der Waals surface area contributed by atoms with E-state index in [2.05, 4.69) is 19.2 Å². The average Bonchev–Trinajstić information content (AvgIpc) is 2.06. The van der Waals surface area contributed by atoms with Gasteiger partial charge in [0.1, 0.15) is 0 Å². The molecule has 1 unspecified atom stereocenters. The second-order valence-corrected chi connectivity index (χ2v) is 4.54. The van der Waals surface area contributed by atoms with Crippen LogP contribution in [0, 0.1) is 0 Å². The summed E-state index contributed by atoms with van der Waals surface area (Å²) in [6.07, 6.45) is 11.2. The van der Waals surface area contributed by atoms with Crippen molar-refractivity contribution in [2.45, 2.75) is 77.3 Å². The average molecular weight is 183 g/mol. The van der Waals surface area contributed by atoms with Gasteiger partial charge in [0.15, 0.2) is 0 Å². The van der Waals surface area contributed by atoms with Crippen LogP contribution in [0.25, 0.3) is 0 Å². The first-order valence-corrected chi connectivity index (χ1v) is 6.09. The van der Waals surface area contributed by atoms with Crippen LogP contribution in [0.2, 0.25) is 0 Å². The molecule has 0 aromatic heterocycles. The molecule has 0 aromatic carbocycles. The zero-order chi connectivity index (χ0) is 9.52. The number of unbranched alkanes of at least 4 members (excludes halogenated alkanes) is 3. The van der Waals surface area contributed by atoms with E-state index in [1.165, 1.54) is 51.4 Å². The molecule has 1 rings (SSSR count). The quantitative estimate of drug-likeness (QED) is 0.596. The molecule has 1 aliphatic carbocycles. The summed E-state index contributed by atoms with van der Waals surface area (Å²) in [4.78, 5) is 0. The Hall–Kier alpha value is -0.0400. The SMILES string of the molecule is CCCCCCC(C)NC1CCC1. The van der Waals surface area contributed by atoms with Gasteiger partial charge in [-0.15, -0.1) is 0 Å². The van der Waals surface area contributed by atoms with Crippen molar-refractivity contribution in [1.29, 1.82) is 0 Å². The summed E-state index contributed by atoms with van der Waals surface area (Å²) in [7, 11) is 0. The van der Waals surface area contributed by atoms with Crippen LogP contribution in [-0.4, -0.2) is 12.1 Å². The summed E-state index contributed by atoms with van der Waals surface area (Å²) >= 11 is 0.